The average molecular weight is 630 g/mol. The zero-order valence-electron chi connectivity index (χ0n) is 27.4. The van der Waals surface area contributed by atoms with E-state index in [0.29, 0.717) is 32.0 Å². The van der Waals surface area contributed by atoms with E-state index in [4.69, 9.17) is 10.1 Å². The Labute approximate surface area is 268 Å². The molecule has 2 N–H and O–H groups in total. The van der Waals surface area contributed by atoms with Crippen molar-refractivity contribution >= 4 is 50.8 Å². The Hall–Kier alpha value is -4.28. The van der Waals surface area contributed by atoms with E-state index in [1.807, 2.05) is 11.7 Å². The van der Waals surface area contributed by atoms with Crippen LogP contribution >= 0.6 is 11.3 Å². The molecule has 3 heterocycles. The van der Waals surface area contributed by atoms with Gasteiger partial charge in [0.15, 0.2) is 5.82 Å². The van der Waals surface area contributed by atoms with Crippen LogP contribution in [0.2, 0.25) is 0 Å². The molecule has 0 bridgehead atoms. The number of fused-ring (bicyclic) bond motifs is 2. The Morgan fingerprint density at radius 1 is 1.07 bits per heavy atom. The predicted molar refractivity (Wildman–Crippen MR) is 184 cm³/mol. The van der Waals surface area contributed by atoms with Crippen molar-refractivity contribution in [1.29, 1.82) is 0 Å². The summed E-state index contributed by atoms with van der Waals surface area (Å²) in [5.74, 6) is 0.699. The number of carbonyl (C=O) groups is 2. The highest BCUT2D eigenvalue weighted by atomic mass is 32.1. The van der Waals surface area contributed by atoms with Gasteiger partial charge in [0, 0.05) is 36.7 Å². The molecule has 3 aromatic carbocycles. The molecule has 0 unspecified atom stereocenters. The summed E-state index contributed by atoms with van der Waals surface area (Å²) in [4.78, 5) is 28.3. The summed E-state index contributed by atoms with van der Waals surface area (Å²) in [5.41, 5.74) is 9.00. The van der Waals surface area contributed by atoms with Crippen LogP contribution in [-0.4, -0.2) is 57.7 Å². The van der Waals surface area contributed by atoms with E-state index in [9.17, 15) is 9.59 Å². The van der Waals surface area contributed by atoms with Crippen LogP contribution in [0.5, 0.6) is 0 Å². The summed E-state index contributed by atoms with van der Waals surface area (Å²) < 4.78 is 7.21. The molecule has 1 aliphatic rings. The number of hydrogen-bond donors (Lipinski definition) is 2. The Kier molecular flexibility index (Phi) is 10.6. The minimum absolute atomic E-state index is 0.0966. The first-order chi connectivity index (χ1) is 21.4. The normalized spacial score (nSPS) is 12.8. The molecule has 1 saturated heterocycles. The summed E-state index contributed by atoms with van der Waals surface area (Å²) in [5, 5.41) is 18.0. The number of nitrogens with zero attached hydrogens (tertiary/aromatic N) is 4. The number of aromatic nitrogens is 3. The van der Waals surface area contributed by atoms with Gasteiger partial charge in [-0.3, -0.25) is 14.4 Å². The SMILES string of the molecule is CC(C)(C)O.CCOC=O.CCc1c(C)cc2nc(-c3ccc4c(c3)c(N3CCNC3=O)nn4C)sc2c1-c1ccc(C)cc1. The summed E-state index contributed by atoms with van der Waals surface area (Å²) in [6.07, 6.45) is 0.973. The van der Waals surface area contributed by atoms with Gasteiger partial charge >= 0.3 is 6.03 Å². The van der Waals surface area contributed by atoms with Crippen molar-refractivity contribution in [2.75, 3.05) is 24.6 Å². The number of hydrogen-bond acceptors (Lipinski definition) is 7. The minimum Gasteiger partial charge on any atom is -0.468 e. The second-order valence-corrected chi connectivity index (χ2v) is 12.9. The average Bonchev–Trinajstić information content (AvgIpc) is 3.69. The van der Waals surface area contributed by atoms with Gasteiger partial charge in [-0.15, -0.1) is 11.3 Å². The number of nitrogens with one attached hydrogen (secondary N) is 1. The number of ether oxygens (including phenoxy) is 1. The van der Waals surface area contributed by atoms with Gasteiger partial charge in [-0.2, -0.15) is 5.10 Å². The fourth-order valence-corrected chi connectivity index (χ4v) is 6.30. The number of benzene rings is 3. The molecular formula is C35H43N5O4S. The van der Waals surface area contributed by atoms with Gasteiger partial charge < -0.3 is 15.2 Å². The molecule has 0 spiro atoms. The van der Waals surface area contributed by atoms with Gasteiger partial charge in [-0.25, -0.2) is 9.78 Å². The van der Waals surface area contributed by atoms with Crippen LogP contribution in [0.25, 0.3) is 42.8 Å². The first-order valence-electron chi connectivity index (χ1n) is 15.2. The van der Waals surface area contributed by atoms with Crippen LogP contribution in [0.1, 0.15) is 51.3 Å². The number of aliphatic hydroxyl groups is 1. The van der Waals surface area contributed by atoms with E-state index in [1.165, 1.54) is 32.5 Å². The Morgan fingerprint density at radius 2 is 1.73 bits per heavy atom. The number of rotatable bonds is 6. The molecule has 2 aromatic heterocycles. The summed E-state index contributed by atoms with van der Waals surface area (Å²) in [7, 11) is 1.92. The first kappa shape index (κ1) is 33.6. The smallest absolute Gasteiger partial charge is 0.323 e. The third-order valence-corrected chi connectivity index (χ3v) is 8.27. The summed E-state index contributed by atoms with van der Waals surface area (Å²) in [6.45, 7) is 15.7. The van der Waals surface area contributed by atoms with Crippen molar-refractivity contribution < 1.29 is 19.4 Å². The fourth-order valence-electron chi connectivity index (χ4n) is 5.16. The minimum atomic E-state index is -0.500. The van der Waals surface area contributed by atoms with Crippen molar-refractivity contribution in [2.45, 2.75) is 60.5 Å². The van der Waals surface area contributed by atoms with Crippen molar-refractivity contribution in [3.8, 4) is 21.7 Å². The molecule has 0 radical (unpaired) electrons. The van der Waals surface area contributed by atoms with Gasteiger partial charge in [0.25, 0.3) is 6.47 Å². The molecule has 0 aliphatic carbocycles. The van der Waals surface area contributed by atoms with Crippen LogP contribution in [0.15, 0.2) is 48.5 Å². The molecular weight excluding hydrogens is 586 g/mol. The van der Waals surface area contributed by atoms with Crippen LogP contribution in [0.3, 0.4) is 0 Å². The first-order valence-corrected chi connectivity index (χ1v) is 16.0. The van der Waals surface area contributed by atoms with Crippen molar-refractivity contribution in [2.24, 2.45) is 7.05 Å². The van der Waals surface area contributed by atoms with Crippen LogP contribution in [0.4, 0.5) is 10.6 Å². The van der Waals surface area contributed by atoms with Crippen LogP contribution in [0, 0.1) is 13.8 Å². The van der Waals surface area contributed by atoms with E-state index in [2.05, 4.69) is 84.5 Å². The molecule has 5 aromatic rings. The van der Waals surface area contributed by atoms with Gasteiger partial charge in [-0.1, -0.05) is 36.8 Å². The standard InChI is InChI=1S/C28H27N5OS.C4H10O.C3H6O2/c1-5-20-17(3)14-22-25(24(20)18-8-6-16(2)7-9-18)35-27(30-22)19-10-11-23-21(15-19)26(31-32(23)4)33-13-12-29-28(33)34;1-4(2,3)5;1-2-5-3-4/h6-11,14-15H,5,12-13H2,1-4H3,(H,29,34);5H,1-3H3;3H,2H2,1H3. The summed E-state index contributed by atoms with van der Waals surface area (Å²) in [6, 6.07) is 17.2. The zero-order valence-corrected chi connectivity index (χ0v) is 28.2. The van der Waals surface area contributed by atoms with Gasteiger partial charge in [0.1, 0.15) is 5.01 Å². The third kappa shape index (κ3) is 7.87. The lowest BCUT2D eigenvalue weighted by Gasteiger charge is -2.13. The number of aryl methyl sites for hydroxylation is 3. The zero-order chi connectivity index (χ0) is 32.9. The number of thiazole rings is 1. The quantitative estimate of drug-likeness (QED) is 0.193. The molecule has 9 nitrogen and oxygen atoms in total. The van der Waals surface area contributed by atoms with Gasteiger partial charge in [0.2, 0.25) is 0 Å². The maximum Gasteiger partial charge on any atom is 0.323 e. The van der Waals surface area contributed by atoms with Gasteiger partial charge in [0.05, 0.1) is 27.9 Å². The second-order valence-electron chi connectivity index (χ2n) is 11.9. The molecule has 1 aliphatic heterocycles. The van der Waals surface area contributed by atoms with Crippen molar-refractivity contribution in [3.05, 3.63) is 65.2 Å². The molecule has 0 atom stereocenters. The molecule has 45 heavy (non-hydrogen) atoms. The molecule has 2 amide bonds. The fraction of sp³-hybridized carbons (Fsp3) is 0.371. The predicted octanol–water partition coefficient (Wildman–Crippen LogP) is 7.18. The number of carbonyl (C=O) groups excluding carboxylic acids is 2. The maximum absolute atomic E-state index is 12.3. The van der Waals surface area contributed by atoms with Crippen LogP contribution < -0.4 is 10.2 Å². The van der Waals surface area contributed by atoms with Crippen molar-refractivity contribution in [1.82, 2.24) is 20.1 Å². The Bertz CT molecular complexity index is 1800. The third-order valence-electron chi connectivity index (χ3n) is 7.13. The lowest BCUT2D eigenvalue weighted by atomic mass is 9.93. The molecule has 1 fully saturated rings. The summed E-state index contributed by atoms with van der Waals surface area (Å²) >= 11 is 1.74. The number of anilines is 1. The lowest BCUT2D eigenvalue weighted by molar-refractivity contribution is -0.128. The Balaban J connectivity index is 0.000000403. The molecule has 0 saturated carbocycles. The van der Waals surface area contributed by atoms with E-state index in [-0.39, 0.29) is 6.03 Å². The highest BCUT2D eigenvalue weighted by molar-refractivity contribution is 7.22. The van der Waals surface area contributed by atoms with E-state index < -0.39 is 5.60 Å². The molecule has 238 valence electrons. The van der Waals surface area contributed by atoms with Crippen molar-refractivity contribution in [3.63, 3.8) is 0 Å². The maximum atomic E-state index is 12.3. The molecule has 10 heteroatoms. The van der Waals surface area contributed by atoms with Gasteiger partial charge in [-0.05, 0) is 88.9 Å². The van der Waals surface area contributed by atoms with E-state index in [0.717, 1.165) is 33.4 Å². The lowest BCUT2D eigenvalue weighted by Crippen LogP contribution is -2.28. The Morgan fingerprint density at radius 3 is 2.29 bits per heavy atom. The highest BCUT2D eigenvalue weighted by Gasteiger charge is 2.26. The largest absolute Gasteiger partial charge is 0.468 e. The topological polar surface area (TPSA) is 110 Å². The molecule has 6 rings (SSSR count). The second kappa shape index (κ2) is 14.2. The van der Waals surface area contributed by atoms with E-state index in [1.54, 1.807) is 43.9 Å². The highest BCUT2D eigenvalue weighted by Crippen LogP contribution is 2.41. The number of urea groups is 1. The number of amides is 2. The van der Waals surface area contributed by atoms with E-state index >= 15 is 0 Å². The van der Waals surface area contributed by atoms with Crippen LogP contribution in [-0.2, 0) is 23.0 Å². The monoisotopic (exact) mass is 629 g/mol.